The molecule has 1 unspecified atom stereocenters. The van der Waals surface area contributed by atoms with Crippen molar-refractivity contribution in [3.05, 3.63) is 59.2 Å². The molecule has 0 aromatic heterocycles. The molecule has 0 saturated carbocycles. The fraction of sp³-hybridized carbons (Fsp3) is 0.455. The molecule has 2 aromatic carbocycles. The quantitative estimate of drug-likeness (QED) is 0.528. The molecule has 0 radical (unpaired) electrons. The number of rotatable bonds is 5. The standard InChI is InChI=1S/C21H27N3O3S.CH4O3S/c22-28(25,26)20-7-3-5-17(21(20)24-13-11-23-12-14-24)8-9-19-18-6-2-1-4-16(18)10-15-27-19;1-5(2,3)4/h1-7,19,23H,8-15H2,(H2,22,25,26);1H3,(H,2,3,4). The summed E-state index contributed by atoms with van der Waals surface area (Å²) in [6.07, 6.45) is 3.25. The molecule has 1 fully saturated rings. The number of piperazine rings is 1. The predicted molar refractivity (Wildman–Crippen MR) is 128 cm³/mol. The average molecular weight is 498 g/mol. The van der Waals surface area contributed by atoms with Crippen molar-refractivity contribution in [1.29, 1.82) is 0 Å². The summed E-state index contributed by atoms with van der Waals surface area (Å²) in [4.78, 5) is 2.36. The van der Waals surface area contributed by atoms with E-state index in [0.29, 0.717) is 6.26 Å². The highest BCUT2D eigenvalue weighted by atomic mass is 32.2. The van der Waals surface area contributed by atoms with Crippen molar-refractivity contribution in [2.24, 2.45) is 5.14 Å². The second-order valence-corrected chi connectivity index (χ2v) is 11.1. The van der Waals surface area contributed by atoms with Gasteiger partial charge in [-0.25, -0.2) is 13.6 Å². The number of ether oxygens (including phenoxy) is 1. The number of sulfonamides is 1. The Morgan fingerprint density at radius 1 is 1.09 bits per heavy atom. The van der Waals surface area contributed by atoms with Gasteiger partial charge in [-0.15, -0.1) is 0 Å². The molecule has 1 saturated heterocycles. The maximum absolute atomic E-state index is 12.2. The Labute approximate surface area is 195 Å². The smallest absolute Gasteiger partial charge is 0.261 e. The molecule has 2 heterocycles. The number of para-hydroxylation sites is 1. The maximum atomic E-state index is 12.2. The van der Waals surface area contributed by atoms with Gasteiger partial charge in [0.25, 0.3) is 10.1 Å². The number of anilines is 1. The van der Waals surface area contributed by atoms with Gasteiger partial charge in [0, 0.05) is 26.2 Å². The van der Waals surface area contributed by atoms with Crippen molar-refractivity contribution in [3.63, 3.8) is 0 Å². The van der Waals surface area contributed by atoms with Crippen molar-refractivity contribution in [2.75, 3.05) is 43.9 Å². The predicted octanol–water partition coefficient (Wildman–Crippen LogP) is 1.49. The topological polar surface area (TPSA) is 139 Å². The number of hydrogen-bond acceptors (Lipinski definition) is 7. The molecule has 33 heavy (non-hydrogen) atoms. The maximum Gasteiger partial charge on any atom is 0.261 e. The van der Waals surface area contributed by atoms with E-state index in [2.05, 4.69) is 28.4 Å². The van der Waals surface area contributed by atoms with E-state index in [0.717, 1.165) is 63.3 Å². The third kappa shape index (κ3) is 7.49. The molecule has 182 valence electrons. The van der Waals surface area contributed by atoms with Crippen molar-refractivity contribution in [3.8, 4) is 0 Å². The Kier molecular flexibility index (Phi) is 8.48. The Morgan fingerprint density at radius 3 is 2.42 bits per heavy atom. The van der Waals surface area contributed by atoms with Gasteiger partial charge in [0.05, 0.1) is 24.7 Å². The third-order valence-electron chi connectivity index (χ3n) is 5.59. The molecule has 2 aliphatic rings. The van der Waals surface area contributed by atoms with Gasteiger partial charge in [0.15, 0.2) is 0 Å². The normalized spacial score (nSPS) is 18.8. The number of fused-ring (bicyclic) bond motifs is 1. The Balaban J connectivity index is 0.000000555. The summed E-state index contributed by atoms with van der Waals surface area (Å²) in [6.45, 7) is 3.92. The number of hydrogen-bond donors (Lipinski definition) is 3. The lowest BCUT2D eigenvalue weighted by Gasteiger charge is -2.33. The summed E-state index contributed by atoms with van der Waals surface area (Å²) in [7, 11) is -7.46. The Bertz CT molecular complexity index is 1150. The molecule has 2 aromatic rings. The molecular formula is C22H31N3O6S2. The molecule has 9 nitrogen and oxygen atoms in total. The highest BCUT2D eigenvalue weighted by Gasteiger charge is 2.25. The van der Waals surface area contributed by atoms with E-state index in [1.165, 1.54) is 11.1 Å². The summed E-state index contributed by atoms with van der Waals surface area (Å²) in [6, 6.07) is 13.8. The molecule has 0 amide bonds. The van der Waals surface area contributed by atoms with E-state index in [1.807, 2.05) is 12.1 Å². The molecule has 11 heteroatoms. The SMILES string of the molecule is CS(=O)(=O)O.NS(=O)(=O)c1cccc(CCC2OCCc3ccccc32)c1N1CCNCC1. The van der Waals surface area contributed by atoms with Crippen molar-refractivity contribution < 1.29 is 26.1 Å². The largest absolute Gasteiger partial charge is 0.373 e. The summed E-state index contributed by atoms with van der Waals surface area (Å²) in [5.74, 6) is 0. The first-order valence-electron chi connectivity index (χ1n) is 10.8. The average Bonchev–Trinajstić information content (AvgIpc) is 2.76. The zero-order valence-corrected chi connectivity index (χ0v) is 20.2. The number of nitrogens with zero attached hydrogens (tertiary/aromatic N) is 1. The van der Waals surface area contributed by atoms with Crippen LogP contribution in [0, 0.1) is 0 Å². The number of benzene rings is 2. The lowest BCUT2D eigenvalue weighted by atomic mass is 9.93. The van der Waals surface area contributed by atoms with E-state index < -0.39 is 20.1 Å². The molecule has 0 aliphatic carbocycles. The molecular weight excluding hydrogens is 466 g/mol. The van der Waals surface area contributed by atoms with Gasteiger partial charge >= 0.3 is 0 Å². The Morgan fingerprint density at radius 2 is 1.76 bits per heavy atom. The number of nitrogens with two attached hydrogens (primary N) is 1. The van der Waals surface area contributed by atoms with Crippen molar-refractivity contribution >= 4 is 25.8 Å². The minimum atomic E-state index is -3.79. The lowest BCUT2D eigenvalue weighted by molar-refractivity contribution is 0.0368. The van der Waals surface area contributed by atoms with Crippen LogP contribution in [-0.2, 0) is 37.7 Å². The molecule has 4 N–H and O–H groups in total. The third-order valence-corrected chi connectivity index (χ3v) is 6.53. The lowest BCUT2D eigenvalue weighted by Crippen LogP contribution is -2.44. The number of nitrogens with one attached hydrogen (secondary N) is 1. The van der Waals surface area contributed by atoms with Crippen LogP contribution in [0.3, 0.4) is 0 Å². The minimum absolute atomic E-state index is 0.0407. The van der Waals surface area contributed by atoms with Crippen LogP contribution >= 0.6 is 0 Å². The molecule has 1 atom stereocenters. The Hall–Kier alpha value is -2.02. The summed E-state index contributed by atoms with van der Waals surface area (Å²) >= 11 is 0. The highest BCUT2D eigenvalue weighted by Crippen LogP contribution is 2.34. The van der Waals surface area contributed by atoms with Gasteiger partial charge in [-0.3, -0.25) is 4.55 Å². The number of aryl methyl sites for hydroxylation is 1. The van der Waals surface area contributed by atoms with Gasteiger partial charge in [-0.1, -0.05) is 36.4 Å². The molecule has 4 rings (SSSR count). The van der Waals surface area contributed by atoms with Crippen LogP contribution in [0.1, 0.15) is 29.2 Å². The van der Waals surface area contributed by atoms with E-state index in [1.54, 1.807) is 12.1 Å². The zero-order valence-electron chi connectivity index (χ0n) is 18.6. The first-order valence-corrected chi connectivity index (χ1v) is 14.2. The van der Waals surface area contributed by atoms with Gasteiger partial charge in [0.2, 0.25) is 10.0 Å². The molecule has 2 aliphatic heterocycles. The molecule has 0 spiro atoms. The summed E-state index contributed by atoms with van der Waals surface area (Å²) in [5, 5.41) is 8.86. The van der Waals surface area contributed by atoms with Crippen LogP contribution in [0.25, 0.3) is 0 Å². The van der Waals surface area contributed by atoms with Crippen LogP contribution in [0.5, 0.6) is 0 Å². The van der Waals surface area contributed by atoms with Crippen molar-refractivity contribution in [1.82, 2.24) is 5.32 Å². The van der Waals surface area contributed by atoms with Crippen LogP contribution in [0.15, 0.2) is 47.4 Å². The van der Waals surface area contributed by atoms with E-state index in [-0.39, 0.29) is 11.0 Å². The van der Waals surface area contributed by atoms with E-state index in [4.69, 9.17) is 14.4 Å². The van der Waals surface area contributed by atoms with Gasteiger partial charge in [0.1, 0.15) is 4.90 Å². The summed E-state index contributed by atoms with van der Waals surface area (Å²) in [5.41, 5.74) is 4.37. The molecule has 0 bridgehead atoms. The summed E-state index contributed by atoms with van der Waals surface area (Å²) < 4.78 is 56.4. The number of primary sulfonamides is 1. The second kappa shape index (κ2) is 10.9. The van der Waals surface area contributed by atoms with Crippen LogP contribution < -0.4 is 15.4 Å². The zero-order chi connectivity index (χ0) is 24.1. The first kappa shape index (κ1) is 25.6. The van der Waals surface area contributed by atoms with Gasteiger partial charge < -0.3 is 15.0 Å². The van der Waals surface area contributed by atoms with E-state index >= 15 is 0 Å². The van der Waals surface area contributed by atoms with Crippen LogP contribution in [-0.4, -0.2) is 60.4 Å². The second-order valence-electron chi connectivity index (χ2n) is 8.13. The minimum Gasteiger partial charge on any atom is -0.373 e. The highest BCUT2D eigenvalue weighted by molar-refractivity contribution is 7.89. The fourth-order valence-corrected chi connectivity index (χ4v) is 5.05. The monoisotopic (exact) mass is 497 g/mol. The van der Waals surface area contributed by atoms with Crippen molar-refractivity contribution in [2.45, 2.75) is 30.3 Å². The van der Waals surface area contributed by atoms with Crippen LogP contribution in [0.4, 0.5) is 5.69 Å². The fourth-order valence-electron chi connectivity index (χ4n) is 4.25. The van der Waals surface area contributed by atoms with Crippen LogP contribution in [0.2, 0.25) is 0 Å². The van der Waals surface area contributed by atoms with Gasteiger partial charge in [-0.05, 0) is 42.0 Å². The van der Waals surface area contributed by atoms with Gasteiger partial charge in [-0.2, -0.15) is 8.42 Å². The first-order chi connectivity index (χ1) is 15.5. The van der Waals surface area contributed by atoms with E-state index in [9.17, 15) is 16.8 Å².